The minimum Gasteiger partial charge on any atom is -0.503 e. The van der Waals surface area contributed by atoms with Gasteiger partial charge in [-0.25, -0.2) is 4.79 Å². The molecule has 0 saturated heterocycles. The van der Waals surface area contributed by atoms with E-state index in [0.29, 0.717) is 11.3 Å². The van der Waals surface area contributed by atoms with Gasteiger partial charge < -0.3 is 19.3 Å². The van der Waals surface area contributed by atoms with Crippen molar-refractivity contribution < 1.29 is 24.1 Å². The number of hydrogen-bond donors (Lipinski definition) is 1. The molecule has 0 amide bonds. The molecular formula is C22H21N3O5. The third kappa shape index (κ3) is 5.11. The average molecular weight is 407 g/mol. The highest BCUT2D eigenvalue weighted by molar-refractivity contribution is 6.15. The number of aryl methyl sites for hydroxylation is 1. The molecule has 0 spiro atoms. The minimum absolute atomic E-state index is 0.0254. The van der Waals surface area contributed by atoms with Crippen LogP contribution >= 0.6 is 0 Å². The quantitative estimate of drug-likeness (QED) is 0.409. The molecule has 0 fully saturated rings. The molecule has 0 aliphatic heterocycles. The molecule has 0 atom stereocenters. The van der Waals surface area contributed by atoms with Crippen molar-refractivity contribution in [1.82, 2.24) is 15.0 Å². The van der Waals surface area contributed by atoms with E-state index in [1.165, 1.54) is 13.4 Å². The first-order valence-corrected chi connectivity index (χ1v) is 9.30. The summed E-state index contributed by atoms with van der Waals surface area (Å²) in [6.45, 7) is 2.09. The molecule has 0 aliphatic carbocycles. The van der Waals surface area contributed by atoms with E-state index in [9.17, 15) is 9.90 Å². The minimum atomic E-state index is -1.15. The van der Waals surface area contributed by atoms with E-state index in [1.54, 1.807) is 24.3 Å². The van der Waals surface area contributed by atoms with Crippen molar-refractivity contribution in [2.75, 3.05) is 7.11 Å². The van der Waals surface area contributed by atoms with Gasteiger partial charge in [0.05, 0.1) is 13.4 Å². The number of carboxylic acid groups (broad SMARTS) is 1. The SMILES string of the molecule is CCCc1ccccc1Oc1ncnc(Oc2ccccc2/C(=C\OC)C(=O)O)n1. The Kier molecular flexibility index (Phi) is 6.94. The van der Waals surface area contributed by atoms with E-state index >= 15 is 0 Å². The summed E-state index contributed by atoms with van der Waals surface area (Å²) >= 11 is 0. The van der Waals surface area contributed by atoms with Gasteiger partial charge in [-0.05, 0) is 24.1 Å². The Hall–Kier alpha value is -3.94. The molecule has 1 N–H and O–H groups in total. The topological polar surface area (TPSA) is 104 Å². The first kappa shape index (κ1) is 20.8. The van der Waals surface area contributed by atoms with Crippen molar-refractivity contribution in [1.29, 1.82) is 0 Å². The van der Waals surface area contributed by atoms with Gasteiger partial charge in [-0.3, -0.25) is 0 Å². The lowest BCUT2D eigenvalue weighted by Gasteiger charge is -2.11. The standard InChI is InChI=1S/C22H21N3O5/c1-3-8-15-9-4-6-11-18(15)29-21-23-14-24-22(25-21)30-19-12-7-5-10-16(19)17(13-28-2)20(26)27/h4-7,9-14H,3,8H2,1-2H3,(H,26,27)/b17-13+. The summed E-state index contributed by atoms with van der Waals surface area (Å²) in [5.74, 6) is -0.236. The highest BCUT2D eigenvalue weighted by Crippen LogP contribution is 2.30. The maximum atomic E-state index is 11.6. The predicted octanol–water partition coefficient (Wildman–Crippen LogP) is 4.48. The Morgan fingerprint density at radius 3 is 2.30 bits per heavy atom. The van der Waals surface area contributed by atoms with Crippen molar-refractivity contribution in [3.8, 4) is 23.5 Å². The molecule has 30 heavy (non-hydrogen) atoms. The zero-order valence-electron chi connectivity index (χ0n) is 16.6. The van der Waals surface area contributed by atoms with Crippen LogP contribution < -0.4 is 9.47 Å². The smallest absolute Gasteiger partial charge is 0.339 e. The molecule has 0 aliphatic rings. The fourth-order valence-electron chi connectivity index (χ4n) is 2.77. The number of para-hydroxylation sites is 2. The number of benzene rings is 2. The molecule has 0 saturated carbocycles. The Morgan fingerprint density at radius 1 is 1.00 bits per heavy atom. The molecule has 8 heteroatoms. The number of aromatic nitrogens is 3. The zero-order valence-corrected chi connectivity index (χ0v) is 16.6. The summed E-state index contributed by atoms with van der Waals surface area (Å²) in [4.78, 5) is 23.8. The van der Waals surface area contributed by atoms with Crippen LogP contribution in [0.15, 0.2) is 61.1 Å². The fourth-order valence-corrected chi connectivity index (χ4v) is 2.77. The summed E-state index contributed by atoms with van der Waals surface area (Å²) in [7, 11) is 1.37. The first-order valence-electron chi connectivity index (χ1n) is 9.30. The van der Waals surface area contributed by atoms with E-state index in [4.69, 9.17) is 14.2 Å². The highest BCUT2D eigenvalue weighted by Gasteiger charge is 2.17. The summed E-state index contributed by atoms with van der Waals surface area (Å²) in [6, 6.07) is 14.3. The number of ether oxygens (including phenoxy) is 3. The number of methoxy groups -OCH3 is 1. The van der Waals surface area contributed by atoms with Crippen LogP contribution in [-0.4, -0.2) is 33.1 Å². The molecule has 0 bridgehead atoms. The van der Waals surface area contributed by atoms with Crippen molar-refractivity contribution in [2.24, 2.45) is 0 Å². The number of aliphatic carboxylic acids is 1. The van der Waals surface area contributed by atoms with Crippen LogP contribution in [0.25, 0.3) is 5.57 Å². The number of carboxylic acids is 1. The molecule has 1 heterocycles. The highest BCUT2D eigenvalue weighted by atomic mass is 16.5. The molecule has 8 nitrogen and oxygen atoms in total. The molecule has 1 aromatic heterocycles. The van der Waals surface area contributed by atoms with Crippen molar-refractivity contribution in [3.63, 3.8) is 0 Å². The van der Waals surface area contributed by atoms with Gasteiger partial charge in [0.25, 0.3) is 0 Å². The Balaban J connectivity index is 1.87. The van der Waals surface area contributed by atoms with Crippen LogP contribution in [-0.2, 0) is 16.0 Å². The number of rotatable bonds is 9. The molecule has 154 valence electrons. The van der Waals surface area contributed by atoms with Gasteiger partial charge in [0, 0.05) is 5.56 Å². The molecule has 0 radical (unpaired) electrons. The van der Waals surface area contributed by atoms with E-state index in [1.807, 2.05) is 24.3 Å². The van der Waals surface area contributed by atoms with E-state index in [-0.39, 0.29) is 23.3 Å². The second-order valence-electron chi connectivity index (χ2n) is 6.18. The fraction of sp³-hybridized carbons (Fsp3) is 0.182. The second kappa shape index (κ2) is 10.0. The zero-order chi connectivity index (χ0) is 21.3. The van der Waals surface area contributed by atoms with Gasteiger partial charge in [0.2, 0.25) is 0 Å². The first-order chi connectivity index (χ1) is 14.6. The molecule has 2 aromatic carbocycles. The second-order valence-corrected chi connectivity index (χ2v) is 6.18. The lowest BCUT2D eigenvalue weighted by atomic mass is 10.1. The van der Waals surface area contributed by atoms with Crippen LogP contribution in [0.3, 0.4) is 0 Å². The summed E-state index contributed by atoms with van der Waals surface area (Å²) in [6.07, 6.45) is 4.24. The van der Waals surface area contributed by atoms with Gasteiger partial charge in [-0.2, -0.15) is 9.97 Å². The summed E-state index contributed by atoms with van der Waals surface area (Å²) in [5.41, 5.74) is 1.30. The predicted molar refractivity (Wildman–Crippen MR) is 109 cm³/mol. The van der Waals surface area contributed by atoms with E-state index in [2.05, 4.69) is 21.9 Å². The third-order valence-electron chi connectivity index (χ3n) is 4.07. The average Bonchev–Trinajstić information content (AvgIpc) is 2.74. The Bertz CT molecular complexity index is 1050. The van der Waals surface area contributed by atoms with Crippen LogP contribution in [0.1, 0.15) is 24.5 Å². The molecule has 0 unspecified atom stereocenters. The van der Waals surface area contributed by atoms with E-state index in [0.717, 1.165) is 24.7 Å². The maximum Gasteiger partial charge on any atom is 0.339 e. The third-order valence-corrected chi connectivity index (χ3v) is 4.07. The van der Waals surface area contributed by atoms with E-state index < -0.39 is 5.97 Å². The van der Waals surface area contributed by atoms with Gasteiger partial charge >= 0.3 is 18.0 Å². The van der Waals surface area contributed by atoms with Crippen LogP contribution in [0, 0.1) is 0 Å². The Morgan fingerprint density at radius 2 is 1.63 bits per heavy atom. The molecular weight excluding hydrogens is 386 g/mol. The number of hydrogen-bond acceptors (Lipinski definition) is 7. The van der Waals surface area contributed by atoms with Crippen LogP contribution in [0.4, 0.5) is 0 Å². The monoisotopic (exact) mass is 407 g/mol. The number of nitrogens with zero attached hydrogens (tertiary/aromatic N) is 3. The summed E-state index contributed by atoms with van der Waals surface area (Å²) < 4.78 is 16.5. The van der Waals surface area contributed by atoms with Crippen LogP contribution in [0.5, 0.6) is 23.5 Å². The van der Waals surface area contributed by atoms with Gasteiger partial charge in [-0.1, -0.05) is 49.7 Å². The van der Waals surface area contributed by atoms with Gasteiger partial charge in [-0.15, -0.1) is 4.98 Å². The lowest BCUT2D eigenvalue weighted by Crippen LogP contribution is -2.04. The van der Waals surface area contributed by atoms with Crippen molar-refractivity contribution in [3.05, 3.63) is 72.2 Å². The maximum absolute atomic E-state index is 11.6. The van der Waals surface area contributed by atoms with Crippen molar-refractivity contribution in [2.45, 2.75) is 19.8 Å². The van der Waals surface area contributed by atoms with Gasteiger partial charge in [0.15, 0.2) is 0 Å². The Labute approximate surface area is 173 Å². The molecule has 3 rings (SSSR count). The molecule has 3 aromatic rings. The lowest BCUT2D eigenvalue weighted by molar-refractivity contribution is -0.130. The van der Waals surface area contributed by atoms with Crippen molar-refractivity contribution >= 4 is 11.5 Å². The number of carbonyl (C=O) groups is 1. The largest absolute Gasteiger partial charge is 0.503 e. The normalized spacial score (nSPS) is 11.1. The van der Waals surface area contributed by atoms with Crippen LogP contribution in [0.2, 0.25) is 0 Å². The van der Waals surface area contributed by atoms with Gasteiger partial charge in [0.1, 0.15) is 23.4 Å². The summed E-state index contributed by atoms with van der Waals surface area (Å²) in [5, 5.41) is 9.46.